The fourth-order valence-corrected chi connectivity index (χ4v) is 3.27. The molecule has 0 radical (unpaired) electrons. The third-order valence-corrected chi connectivity index (χ3v) is 4.69. The van der Waals surface area contributed by atoms with Crippen molar-refractivity contribution in [2.24, 2.45) is 0 Å². The van der Waals surface area contributed by atoms with Crippen LogP contribution in [0.5, 0.6) is 5.75 Å². The molecular formula is C21H15BrN2O3. The van der Waals surface area contributed by atoms with Gasteiger partial charge >= 0.3 is 6.03 Å². The number of carbonyl (C=O) groups excluding carboxylic acids is 2. The maximum Gasteiger partial charge on any atom is 0.326 e. The second-order valence-electron chi connectivity index (χ2n) is 6.12. The van der Waals surface area contributed by atoms with Gasteiger partial charge in [0.25, 0.3) is 5.91 Å². The standard InChI is InChI=1S/C21H15BrN2O3/c22-17-7-8-19(16(10-17)11-18-20(25)24-21(26)23-18)27-12-13-5-6-14-3-1-2-4-15(14)9-13/h1-11H,12H2,(H2,23,24,25,26)/b18-11+. The Morgan fingerprint density at radius 3 is 2.52 bits per heavy atom. The van der Waals surface area contributed by atoms with E-state index >= 15 is 0 Å². The van der Waals surface area contributed by atoms with Crippen LogP contribution >= 0.6 is 15.9 Å². The van der Waals surface area contributed by atoms with Crippen molar-refractivity contribution in [3.8, 4) is 5.75 Å². The fourth-order valence-electron chi connectivity index (χ4n) is 2.89. The highest BCUT2D eigenvalue weighted by Crippen LogP contribution is 2.27. The molecule has 0 saturated carbocycles. The highest BCUT2D eigenvalue weighted by molar-refractivity contribution is 9.10. The Labute approximate surface area is 164 Å². The molecule has 134 valence electrons. The largest absolute Gasteiger partial charge is 0.488 e. The number of hydrogen-bond donors (Lipinski definition) is 2. The van der Waals surface area contributed by atoms with E-state index in [0.717, 1.165) is 15.4 Å². The second-order valence-corrected chi connectivity index (χ2v) is 7.03. The van der Waals surface area contributed by atoms with Crippen molar-refractivity contribution >= 4 is 44.7 Å². The zero-order chi connectivity index (χ0) is 18.8. The van der Waals surface area contributed by atoms with Gasteiger partial charge in [-0.1, -0.05) is 52.3 Å². The Morgan fingerprint density at radius 1 is 0.926 bits per heavy atom. The Hall–Kier alpha value is -3.12. The first-order valence-electron chi connectivity index (χ1n) is 8.32. The summed E-state index contributed by atoms with van der Waals surface area (Å²) < 4.78 is 6.83. The molecule has 2 N–H and O–H groups in total. The van der Waals surface area contributed by atoms with Crippen LogP contribution in [-0.4, -0.2) is 11.9 Å². The average Bonchev–Trinajstić information content (AvgIpc) is 2.98. The molecule has 3 amide bonds. The summed E-state index contributed by atoms with van der Waals surface area (Å²) in [7, 11) is 0. The van der Waals surface area contributed by atoms with Crippen LogP contribution in [0.4, 0.5) is 4.79 Å². The molecule has 0 aliphatic carbocycles. The number of carbonyl (C=O) groups is 2. The average molecular weight is 423 g/mol. The number of urea groups is 1. The maximum atomic E-state index is 11.8. The van der Waals surface area contributed by atoms with Gasteiger partial charge in [-0.2, -0.15) is 0 Å². The summed E-state index contributed by atoms with van der Waals surface area (Å²) >= 11 is 3.42. The Bertz CT molecular complexity index is 1090. The van der Waals surface area contributed by atoms with Gasteiger partial charge in [-0.15, -0.1) is 0 Å². The van der Waals surface area contributed by atoms with Crippen LogP contribution in [0.3, 0.4) is 0 Å². The van der Waals surface area contributed by atoms with Crippen molar-refractivity contribution in [3.63, 3.8) is 0 Å². The van der Waals surface area contributed by atoms with E-state index < -0.39 is 11.9 Å². The molecule has 3 aromatic carbocycles. The summed E-state index contributed by atoms with van der Waals surface area (Å²) in [4.78, 5) is 23.1. The molecule has 0 spiro atoms. The molecule has 5 nitrogen and oxygen atoms in total. The summed E-state index contributed by atoms with van der Waals surface area (Å²) in [6.07, 6.45) is 1.60. The van der Waals surface area contributed by atoms with Gasteiger partial charge < -0.3 is 10.1 Å². The first-order chi connectivity index (χ1) is 13.1. The zero-order valence-electron chi connectivity index (χ0n) is 14.2. The topological polar surface area (TPSA) is 67.4 Å². The van der Waals surface area contributed by atoms with Crippen molar-refractivity contribution in [2.75, 3.05) is 0 Å². The lowest BCUT2D eigenvalue weighted by atomic mass is 10.1. The van der Waals surface area contributed by atoms with Crippen LogP contribution in [0, 0.1) is 0 Å². The molecule has 0 bridgehead atoms. The van der Waals surface area contributed by atoms with Crippen molar-refractivity contribution < 1.29 is 14.3 Å². The molecule has 27 heavy (non-hydrogen) atoms. The van der Waals surface area contributed by atoms with Crippen molar-refractivity contribution in [1.82, 2.24) is 10.6 Å². The third-order valence-electron chi connectivity index (χ3n) is 4.20. The molecule has 4 rings (SSSR count). The van der Waals surface area contributed by atoms with Crippen LogP contribution in [0.2, 0.25) is 0 Å². The normalized spacial score (nSPS) is 15.1. The van der Waals surface area contributed by atoms with Gasteiger partial charge in [0.15, 0.2) is 0 Å². The first kappa shape index (κ1) is 17.3. The zero-order valence-corrected chi connectivity index (χ0v) is 15.7. The number of imide groups is 1. The summed E-state index contributed by atoms with van der Waals surface area (Å²) in [5.41, 5.74) is 1.92. The molecule has 1 aliphatic heterocycles. The van der Waals surface area contributed by atoms with E-state index in [-0.39, 0.29) is 5.70 Å². The van der Waals surface area contributed by atoms with E-state index in [1.807, 2.05) is 36.4 Å². The lowest BCUT2D eigenvalue weighted by molar-refractivity contribution is -0.115. The maximum absolute atomic E-state index is 11.8. The van der Waals surface area contributed by atoms with Gasteiger partial charge in [-0.05, 0) is 46.7 Å². The summed E-state index contributed by atoms with van der Waals surface area (Å²) in [6.45, 7) is 0.390. The van der Waals surface area contributed by atoms with E-state index in [1.165, 1.54) is 5.39 Å². The van der Waals surface area contributed by atoms with Gasteiger partial charge in [0.1, 0.15) is 18.1 Å². The highest BCUT2D eigenvalue weighted by Gasteiger charge is 2.23. The van der Waals surface area contributed by atoms with Crippen LogP contribution in [0.15, 0.2) is 70.8 Å². The number of rotatable bonds is 4. The predicted octanol–water partition coefficient (Wildman–Crippen LogP) is 4.36. The molecule has 1 heterocycles. The quantitative estimate of drug-likeness (QED) is 0.484. The smallest absolute Gasteiger partial charge is 0.326 e. The summed E-state index contributed by atoms with van der Waals surface area (Å²) in [5, 5.41) is 7.00. The lowest BCUT2D eigenvalue weighted by Gasteiger charge is -2.11. The SMILES string of the molecule is O=C1NC(=O)/C(=C\c2cc(Br)ccc2OCc2ccc3ccccc3c2)N1. The molecule has 0 aromatic heterocycles. The minimum atomic E-state index is -0.528. The van der Waals surface area contributed by atoms with Gasteiger partial charge in [0.05, 0.1) is 0 Å². The van der Waals surface area contributed by atoms with Crippen LogP contribution in [0.1, 0.15) is 11.1 Å². The van der Waals surface area contributed by atoms with Crippen molar-refractivity contribution in [2.45, 2.75) is 6.61 Å². The van der Waals surface area contributed by atoms with Gasteiger partial charge in [-0.25, -0.2) is 4.79 Å². The highest BCUT2D eigenvalue weighted by atomic mass is 79.9. The Balaban J connectivity index is 1.59. The monoisotopic (exact) mass is 422 g/mol. The van der Waals surface area contributed by atoms with Crippen molar-refractivity contribution in [1.29, 1.82) is 0 Å². The number of benzene rings is 3. The summed E-state index contributed by atoms with van der Waals surface area (Å²) in [6, 6.07) is 19.3. The van der Waals surface area contributed by atoms with E-state index in [4.69, 9.17) is 4.74 Å². The molecule has 1 saturated heterocycles. The molecule has 3 aromatic rings. The molecule has 0 atom stereocenters. The fraction of sp³-hybridized carbons (Fsp3) is 0.0476. The number of nitrogens with one attached hydrogen (secondary N) is 2. The third kappa shape index (κ3) is 3.85. The second kappa shape index (κ2) is 7.25. The predicted molar refractivity (Wildman–Crippen MR) is 107 cm³/mol. The number of ether oxygens (including phenoxy) is 1. The number of hydrogen-bond acceptors (Lipinski definition) is 3. The summed E-state index contributed by atoms with van der Waals surface area (Å²) in [5.74, 6) is 0.160. The Kier molecular flexibility index (Phi) is 4.64. The minimum Gasteiger partial charge on any atom is -0.488 e. The van der Waals surface area contributed by atoms with Gasteiger partial charge in [0.2, 0.25) is 0 Å². The molecule has 1 fully saturated rings. The number of fused-ring (bicyclic) bond motifs is 1. The Morgan fingerprint density at radius 2 is 1.74 bits per heavy atom. The van der Waals surface area contributed by atoms with Crippen molar-refractivity contribution in [3.05, 3.63) is 82.0 Å². The van der Waals surface area contributed by atoms with Crippen LogP contribution in [0.25, 0.3) is 16.8 Å². The first-order valence-corrected chi connectivity index (χ1v) is 9.12. The van der Waals surface area contributed by atoms with Gasteiger partial charge in [0, 0.05) is 10.0 Å². The van der Waals surface area contributed by atoms with Crippen LogP contribution in [-0.2, 0) is 11.4 Å². The minimum absolute atomic E-state index is 0.189. The molecule has 0 unspecified atom stereocenters. The van der Waals surface area contributed by atoms with Gasteiger partial charge in [-0.3, -0.25) is 10.1 Å². The molecule has 6 heteroatoms. The van der Waals surface area contributed by atoms with E-state index in [2.05, 4.69) is 50.8 Å². The molecule has 1 aliphatic rings. The van der Waals surface area contributed by atoms with E-state index in [1.54, 1.807) is 6.08 Å². The van der Waals surface area contributed by atoms with Crippen LogP contribution < -0.4 is 15.4 Å². The lowest BCUT2D eigenvalue weighted by Crippen LogP contribution is -2.22. The van der Waals surface area contributed by atoms with E-state index in [0.29, 0.717) is 17.9 Å². The number of amides is 3. The molecular weight excluding hydrogens is 408 g/mol. The van der Waals surface area contributed by atoms with E-state index in [9.17, 15) is 9.59 Å². The number of halogens is 1.